The van der Waals surface area contributed by atoms with Gasteiger partial charge in [-0.2, -0.15) is 0 Å². The lowest BCUT2D eigenvalue weighted by atomic mass is 10.4. The highest BCUT2D eigenvalue weighted by atomic mass is 33.1. The van der Waals surface area contributed by atoms with Gasteiger partial charge in [0.2, 0.25) is 5.12 Å². The number of hydrogen-bond donors (Lipinski definition) is 5. The summed E-state index contributed by atoms with van der Waals surface area (Å²) in [6, 6.07) is -0.601. The number of nitrogens with two attached hydrogens (primary N) is 3. The molecular formula is C7H17N3O3S3. The summed E-state index contributed by atoms with van der Waals surface area (Å²) >= 11 is 0.921. The van der Waals surface area contributed by atoms with Crippen molar-refractivity contribution in [3.63, 3.8) is 0 Å². The normalized spacial score (nSPS) is 16.8. The zero-order valence-electron chi connectivity index (χ0n) is 8.61. The summed E-state index contributed by atoms with van der Waals surface area (Å²) in [5.41, 5.74) is 15.8. The summed E-state index contributed by atoms with van der Waals surface area (Å²) in [4.78, 5) is 11.4. The van der Waals surface area contributed by atoms with Crippen LogP contribution in [0.1, 0.15) is 0 Å². The van der Waals surface area contributed by atoms with E-state index in [1.165, 1.54) is 21.6 Å². The van der Waals surface area contributed by atoms with Crippen molar-refractivity contribution in [2.75, 3.05) is 17.3 Å². The van der Waals surface area contributed by atoms with E-state index in [0.717, 1.165) is 11.8 Å². The molecule has 3 atom stereocenters. The SMILES string of the molecule is NC(O)CSSC[C@H](N)C(=O)SCC(N)O. The second-order valence-electron chi connectivity index (χ2n) is 2.94. The molecule has 8 N–H and O–H groups in total. The minimum Gasteiger partial charge on any atom is -0.378 e. The van der Waals surface area contributed by atoms with Gasteiger partial charge in [-0.3, -0.25) is 4.79 Å². The second-order valence-corrected chi connectivity index (χ2v) is 6.52. The summed E-state index contributed by atoms with van der Waals surface area (Å²) in [6.07, 6.45) is -1.86. The van der Waals surface area contributed by atoms with E-state index in [0.29, 0.717) is 11.5 Å². The fraction of sp³-hybridized carbons (Fsp3) is 0.857. The van der Waals surface area contributed by atoms with Crippen molar-refractivity contribution >= 4 is 38.5 Å². The summed E-state index contributed by atoms with van der Waals surface area (Å²) in [5.74, 6) is 0.968. The number of carbonyl (C=O) groups excluding carboxylic acids is 1. The van der Waals surface area contributed by atoms with Crippen LogP contribution < -0.4 is 17.2 Å². The zero-order valence-corrected chi connectivity index (χ0v) is 11.1. The van der Waals surface area contributed by atoms with Gasteiger partial charge in [0.05, 0.1) is 6.04 Å². The number of thioether (sulfide) groups is 1. The van der Waals surface area contributed by atoms with Gasteiger partial charge in [-0.25, -0.2) is 0 Å². The summed E-state index contributed by atoms with van der Waals surface area (Å²) in [7, 11) is 2.73. The van der Waals surface area contributed by atoms with Gasteiger partial charge in [0.25, 0.3) is 0 Å². The maximum atomic E-state index is 11.4. The molecule has 0 rings (SSSR count). The Morgan fingerprint density at radius 3 is 2.00 bits per heavy atom. The number of aliphatic hydroxyl groups is 2. The molecular weight excluding hydrogens is 270 g/mol. The Hall–Kier alpha value is 0.520. The molecule has 0 heterocycles. The van der Waals surface area contributed by atoms with Crippen LogP contribution in [0, 0.1) is 0 Å². The Morgan fingerprint density at radius 2 is 1.50 bits per heavy atom. The first kappa shape index (κ1) is 16.5. The van der Waals surface area contributed by atoms with Crippen LogP contribution in [0.2, 0.25) is 0 Å². The Morgan fingerprint density at radius 1 is 1.00 bits per heavy atom. The molecule has 0 aliphatic carbocycles. The minimum absolute atomic E-state index is 0.145. The number of aliphatic hydroxyl groups excluding tert-OH is 2. The van der Waals surface area contributed by atoms with Gasteiger partial charge < -0.3 is 27.4 Å². The smallest absolute Gasteiger partial charge is 0.206 e. The van der Waals surface area contributed by atoms with Gasteiger partial charge in [0, 0.05) is 17.3 Å². The van der Waals surface area contributed by atoms with Gasteiger partial charge in [-0.1, -0.05) is 33.3 Å². The molecule has 0 aliphatic heterocycles. The van der Waals surface area contributed by atoms with Crippen molar-refractivity contribution in [2.45, 2.75) is 18.5 Å². The summed E-state index contributed by atoms with van der Waals surface area (Å²) < 4.78 is 0. The highest BCUT2D eigenvalue weighted by Crippen LogP contribution is 2.22. The number of hydrogen-bond acceptors (Lipinski definition) is 9. The first-order valence-electron chi connectivity index (χ1n) is 4.47. The molecule has 0 aromatic carbocycles. The van der Waals surface area contributed by atoms with Crippen LogP contribution in [0.3, 0.4) is 0 Å². The molecule has 96 valence electrons. The maximum Gasteiger partial charge on any atom is 0.206 e. The van der Waals surface area contributed by atoms with Crippen LogP contribution in [-0.4, -0.2) is 51.1 Å². The van der Waals surface area contributed by atoms with Crippen molar-refractivity contribution in [3.8, 4) is 0 Å². The highest BCUT2D eigenvalue weighted by molar-refractivity contribution is 8.76. The topological polar surface area (TPSA) is 136 Å². The van der Waals surface area contributed by atoms with E-state index in [-0.39, 0.29) is 10.9 Å². The molecule has 0 saturated heterocycles. The Kier molecular flexibility index (Phi) is 9.85. The number of carbonyl (C=O) groups is 1. The molecule has 0 aromatic heterocycles. The largest absolute Gasteiger partial charge is 0.378 e. The molecule has 0 aromatic rings. The molecule has 2 unspecified atom stereocenters. The van der Waals surface area contributed by atoms with Crippen LogP contribution in [0.4, 0.5) is 0 Å². The van der Waals surface area contributed by atoms with Crippen molar-refractivity contribution in [1.29, 1.82) is 0 Å². The zero-order chi connectivity index (χ0) is 12.6. The predicted molar refractivity (Wildman–Crippen MR) is 70.7 cm³/mol. The summed E-state index contributed by atoms with van der Waals surface area (Å²) in [6.45, 7) is 0. The van der Waals surface area contributed by atoms with Crippen LogP contribution in [0.15, 0.2) is 0 Å². The fourth-order valence-corrected chi connectivity index (χ4v) is 3.39. The Bertz CT molecular complexity index is 207. The Balaban J connectivity index is 3.55. The molecule has 0 bridgehead atoms. The van der Waals surface area contributed by atoms with E-state index < -0.39 is 18.5 Å². The van der Waals surface area contributed by atoms with Crippen molar-refractivity contribution in [3.05, 3.63) is 0 Å². The second kappa shape index (κ2) is 9.54. The average Bonchev–Trinajstić information content (AvgIpc) is 2.20. The van der Waals surface area contributed by atoms with Crippen molar-refractivity contribution in [2.24, 2.45) is 17.2 Å². The molecule has 0 spiro atoms. The molecule has 16 heavy (non-hydrogen) atoms. The summed E-state index contributed by atoms with van der Waals surface area (Å²) in [5, 5.41) is 17.3. The van der Waals surface area contributed by atoms with E-state index in [4.69, 9.17) is 27.4 Å². The van der Waals surface area contributed by atoms with Gasteiger partial charge in [0.15, 0.2) is 0 Å². The predicted octanol–water partition coefficient (Wildman–Crippen LogP) is -1.49. The van der Waals surface area contributed by atoms with E-state index in [9.17, 15) is 4.79 Å². The van der Waals surface area contributed by atoms with Gasteiger partial charge >= 0.3 is 0 Å². The molecule has 6 nitrogen and oxygen atoms in total. The molecule has 0 amide bonds. The fourth-order valence-electron chi connectivity index (χ4n) is 0.582. The van der Waals surface area contributed by atoms with Crippen LogP contribution in [0.25, 0.3) is 0 Å². The minimum atomic E-state index is -1.00. The third kappa shape index (κ3) is 9.73. The van der Waals surface area contributed by atoms with Gasteiger partial charge in [-0.05, 0) is 0 Å². The van der Waals surface area contributed by atoms with E-state index in [2.05, 4.69) is 0 Å². The van der Waals surface area contributed by atoms with Gasteiger partial charge in [-0.15, -0.1) is 0 Å². The monoisotopic (exact) mass is 287 g/mol. The van der Waals surface area contributed by atoms with Crippen LogP contribution in [-0.2, 0) is 4.79 Å². The van der Waals surface area contributed by atoms with Crippen LogP contribution >= 0.6 is 33.3 Å². The molecule has 0 radical (unpaired) electrons. The first-order chi connectivity index (χ1) is 7.43. The van der Waals surface area contributed by atoms with E-state index in [1.807, 2.05) is 0 Å². The molecule has 0 saturated carbocycles. The van der Waals surface area contributed by atoms with E-state index >= 15 is 0 Å². The van der Waals surface area contributed by atoms with Crippen molar-refractivity contribution in [1.82, 2.24) is 0 Å². The first-order valence-corrected chi connectivity index (χ1v) is 7.94. The molecule has 0 aliphatic rings. The van der Waals surface area contributed by atoms with Gasteiger partial charge in [0.1, 0.15) is 12.5 Å². The molecule has 0 fully saturated rings. The lowest BCUT2D eigenvalue weighted by molar-refractivity contribution is -0.111. The van der Waals surface area contributed by atoms with Crippen molar-refractivity contribution < 1.29 is 15.0 Å². The number of rotatable bonds is 8. The highest BCUT2D eigenvalue weighted by Gasteiger charge is 2.15. The van der Waals surface area contributed by atoms with Crippen LogP contribution in [0.5, 0.6) is 0 Å². The third-order valence-electron chi connectivity index (χ3n) is 1.27. The quantitative estimate of drug-likeness (QED) is 0.205. The lowest BCUT2D eigenvalue weighted by Gasteiger charge is -2.10. The van der Waals surface area contributed by atoms with E-state index in [1.54, 1.807) is 0 Å². The lowest BCUT2D eigenvalue weighted by Crippen LogP contribution is -2.32. The molecule has 9 heteroatoms. The average molecular weight is 287 g/mol. The third-order valence-corrected chi connectivity index (χ3v) is 4.82. The Labute approximate surface area is 106 Å². The standard InChI is InChI=1S/C7H17N3O3S3/c8-4(1-15-16-3-6(10)12)7(13)14-2-5(9)11/h4-6,11-12H,1-3,8-10H2/t4-,5?,6?/m0/s1. The maximum absolute atomic E-state index is 11.4.